The van der Waals surface area contributed by atoms with Crippen molar-refractivity contribution in [2.75, 3.05) is 18.5 Å². The Labute approximate surface area is 116 Å². The molecule has 5 heteroatoms. The maximum atomic E-state index is 11.7. The van der Waals surface area contributed by atoms with Crippen LogP contribution in [0.5, 0.6) is 0 Å². The minimum Gasteiger partial charge on any atom is -0.478 e. The van der Waals surface area contributed by atoms with Crippen LogP contribution < -0.4 is 10.5 Å². The zero-order chi connectivity index (χ0) is 14.5. The number of likely N-dealkylation sites (N-methyl/N-ethyl adjacent to an activating group) is 1. The molecule has 104 valence electrons. The van der Waals surface area contributed by atoms with Gasteiger partial charge in [-0.05, 0) is 18.2 Å². The minimum absolute atomic E-state index is 0.118. The van der Waals surface area contributed by atoms with Crippen LogP contribution in [0.15, 0.2) is 53.5 Å². The smallest absolute Gasteiger partial charge is 0.337 e. The van der Waals surface area contributed by atoms with Gasteiger partial charge in [-0.1, -0.05) is 18.2 Å². The van der Waals surface area contributed by atoms with Crippen molar-refractivity contribution in [2.45, 2.75) is 6.54 Å². The van der Waals surface area contributed by atoms with Gasteiger partial charge in [-0.2, -0.15) is 0 Å². The van der Waals surface area contributed by atoms with E-state index in [9.17, 15) is 9.59 Å². The number of para-hydroxylation sites is 1. The summed E-state index contributed by atoms with van der Waals surface area (Å²) in [5.41, 5.74) is 0.971. The van der Waals surface area contributed by atoms with Crippen LogP contribution in [-0.4, -0.2) is 29.2 Å². The van der Waals surface area contributed by atoms with E-state index >= 15 is 0 Å². The number of carboxylic acid groups (broad SMARTS) is 1. The van der Waals surface area contributed by atoms with Crippen LogP contribution in [-0.2, 0) is 6.54 Å². The third-order valence-electron chi connectivity index (χ3n) is 3.10. The second-order valence-electron chi connectivity index (χ2n) is 4.51. The standard InChI is InChI=1S/C15H16N2O3/c1-16(13-5-3-2-4-6-13)9-10-17-11-12(15(19)20)7-8-14(17)18/h2-8,11H,9-10H2,1H3,(H,19,20). The summed E-state index contributed by atoms with van der Waals surface area (Å²) in [5.74, 6) is -1.03. The van der Waals surface area contributed by atoms with E-state index in [2.05, 4.69) is 0 Å². The molecule has 0 aliphatic carbocycles. The Kier molecular flexibility index (Phi) is 4.20. The molecule has 0 bridgehead atoms. The quantitative estimate of drug-likeness (QED) is 0.899. The molecule has 0 atom stereocenters. The van der Waals surface area contributed by atoms with Gasteiger partial charge in [-0.3, -0.25) is 4.79 Å². The lowest BCUT2D eigenvalue weighted by molar-refractivity contribution is 0.0696. The fourth-order valence-corrected chi connectivity index (χ4v) is 1.90. The summed E-state index contributed by atoms with van der Waals surface area (Å²) in [5, 5.41) is 8.93. The molecule has 0 saturated carbocycles. The van der Waals surface area contributed by atoms with Gasteiger partial charge in [-0.25, -0.2) is 4.79 Å². The third-order valence-corrected chi connectivity index (χ3v) is 3.10. The predicted octanol–water partition coefficient (Wildman–Crippen LogP) is 1.68. The Bertz CT molecular complexity index is 650. The van der Waals surface area contributed by atoms with Gasteiger partial charge < -0.3 is 14.6 Å². The zero-order valence-corrected chi connectivity index (χ0v) is 11.2. The van der Waals surface area contributed by atoms with Crippen molar-refractivity contribution in [3.05, 3.63) is 64.6 Å². The number of benzene rings is 1. The van der Waals surface area contributed by atoms with Gasteiger partial charge >= 0.3 is 5.97 Å². The lowest BCUT2D eigenvalue weighted by atomic mass is 10.3. The van der Waals surface area contributed by atoms with E-state index in [1.165, 1.54) is 22.9 Å². The van der Waals surface area contributed by atoms with Crippen molar-refractivity contribution in [3.63, 3.8) is 0 Å². The molecular formula is C15H16N2O3. The summed E-state index contributed by atoms with van der Waals surface area (Å²) < 4.78 is 1.42. The Balaban J connectivity index is 2.09. The number of rotatable bonds is 5. The first-order chi connectivity index (χ1) is 9.58. The lowest BCUT2D eigenvalue weighted by Gasteiger charge is -2.19. The van der Waals surface area contributed by atoms with Gasteiger partial charge in [-0.15, -0.1) is 0 Å². The Morgan fingerprint density at radius 3 is 2.55 bits per heavy atom. The molecule has 0 aliphatic rings. The molecule has 0 unspecified atom stereocenters. The van der Waals surface area contributed by atoms with Crippen LogP contribution in [0, 0.1) is 0 Å². The van der Waals surface area contributed by atoms with Crippen molar-refractivity contribution in [1.82, 2.24) is 4.57 Å². The Morgan fingerprint density at radius 2 is 1.90 bits per heavy atom. The van der Waals surface area contributed by atoms with Crippen molar-refractivity contribution >= 4 is 11.7 Å². The normalized spacial score (nSPS) is 10.2. The third kappa shape index (κ3) is 3.26. The number of anilines is 1. The summed E-state index contributed by atoms with van der Waals surface area (Å²) in [6, 6.07) is 12.4. The van der Waals surface area contributed by atoms with Crippen LogP contribution in [0.25, 0.3) is 0 Å². The topological polar surface area (TPSA) is 62.5 Å². The first-order valence-electron chi connectivity index (χ1n) is 6.28. The molecule has 1 aromatic carbocycles. The largest absolute Gasteiger partial charge is 0.478 e. The van der Waals surface area contributed by atoms with E-state index in [-0.39, 0.29) is 11.1 Å². The fourth-order valence-electron chi connectivity index (χ4n) is 1.90. The van der Waals surface area contributed by atoms with E-state index in [0.717, 1.165) is 5.69 Å². The molecular weight excluding hydrogens is 256 g/mol. The van der Waals surface area contributed by atoms with Gasteiger partial charge in [0, 0.05) is 38.1 Å². The number of hydrogen-bond acceptors (Lipinski definition) is 3. The molecule has 0 radical (unpaired) electrons. The van der Waals surface area contributed by atoms with Crippen LogP contribution in [0.2, 0.25) is 0 Å². The monoisotopic (exact) mass is 272 g/mol. The molecule has 20 heavy (non-hydrogen) atoms. The molecule has 5 nitrogen and oxygen atoms in total. The second-order valence-corrected chi connectivity index (χ2v) is 4.51. The van der Waals surface area contributed by atoms with Crippen molar-refractivity contribution in [3.8, 4) is 0 Å². The Morgan fingerprint density at radius 1 is 1.20 bits per heavy atom. The summed E-state index contributed by atoms with van der Waals surface area (Å²) in [6.45, 7) is 1.05. The number of aromatic nitrogens is 1. The highest BCUT2D eigenvalue weighted by atomic mass is 16.4. The average Bonchev–Trinajstić information content (AvgIpc) is 2.46. The summed E-state index contributed by atoms with van der Waals surface area (Å²) in [4.78, 5) is 24.6. The number of carboxylic acids is 1. The molecule has 1 heterocycles. The van der Waals surface area contributed by atoms with Gasteiger partial charge in [0.25, 0.3) is 5.56 Å². The number of carbonyl (C=O) groups is 1. The van der Waals surface area contributed by atoms with Crippen LogP contribution in [0.1, 0.15) is 10.4 Å². The van der Waals surface area contributed by atoms with E-state index in [1.54, 1.807) is 0 Å². The molecule has 2 rings (SSSR count). The number of pyridine rings is 1. The van der Waals surface area contributed by atoms with Crippen LogP contribution >= 0.6 is 0 Å². The molecule has 0 fully saturated rings. The van der Waals surface area contributed by atoms with Crippen molar-refractivity contribution in [1.29, 1.82) is 0 Å². The minimum atomic E-state index is -1.03. The first kappa shape index (κ1) is 13.9. The summed E-state index contributed by atoms with van der Waals surface area (Å²) >= 11 is 0. The maximum Gasteiger partial charge on any atom is 0.337 e. The van der Waals surface area contributed by atoms with Gasteiger partial charge in [0.05, 0.1) is 5.56 Å². The first-order valence-corrected chi connectivity index (χ1v) is 6.28. The second kappa shape index (κ2) is 6.06. The molecule has 0 aliphatic heterocycles. The van der Waals surface area contributed by atoms with Crippen LogP contribution in [0.3, 0.4) is 0 Å². The Hall–Kier alpha value is -2.56. The van der Waals surface area contributed by atoms with Crippen molar-refractivity contribution in [2.24, 2.45) is 0 Å². The molecule has 1 aromatic heterocycles. The summed E-state index contributed by atoms with van der Waals surface area (Å²) in [6.07, 6.45) is 1.38. The molecule has 0 saturated heterocycles. The SMILES string of the molecule is CN(CCn1cc(C(=O)O)ccc1=O)c1ccccc1. The van der Waals surface area contributed by atoms with Gasteiger partial charge in [0.15, 0.2) is 0 Å². The van der Waals surface area contributed by atoms with E-state index < -0.39 is 5.97 Å². The summed E-state index contributed by atoms with van der Waals surface area (Å²) in [7, 11) is 1.93. The van der Waals surface area contributed by atoms with Gasteiger partial charge in [0.1, 0.15) is 0 Å². The fraction of sp³-hybridized carbons (Fsp3) is 0.200. The molecule has 1 N–H and O–H groups in total. The zero-order valence-electron chi connectivity index (χ0n) is 11.2. The molecule has 0 amide bonds. The van der Waals surface area contributed by atoms with E-state index in [1.807, 2.05) is 42.3 Å². The highest BCUT2D eigenvalue weighted by Crippen LogP contribution is 2.10. The molecule has 0 spiro atoms. The molecule has 2 aromatic rings. The predicted molar refractivity (Wildman–Crippen MR) is 77.4 cm³/mol. The highest BCUT2D eigenvalue weighted by molar-refractivity contribution is 5.87. The number of hydrogen-bond donors (Lipinski definition) is 1. The average molecular weight is 272 g/mol. The van der Waals surface area contributed by atoms with E-state index in [4.69, 9.17) is 5.11 Å². The van der Waals surface area contributed by atoms with E-state index in [0.29, 0.717) is 13.1 Å². The number of nitrogens with zero attached hydrogens (tertiary/aromatic N) is 2. The lowest BCUT2D eigenvalue weighted by Crippen LogP contribution is -2.28. The maximum absolute atomic E-state index is 11.7. The van der Waals surface area contributed by atoms with Crippen LogP contribution in [0.4, 0.5) is 5.69 Å². The number of aromatic carboxylic acids is 1. The van der Waals surface area contributed by atoms with Crippen molar-refractivity contribution < 1.29 is 9.90 Å². The highest BCUT2D eigenvalue weighted by Gasteiger charge is 2.06. The van der Waals surface area contributed by atoms with Gasteiger partial charge in [0.2, 0.25) is 0 Å².